The van der Waals surface area contributed by atoms with Gasteiger partial charge in [-0.15, -0.1) is 0 Å². The van der Waals surface area contributed by atoms with Gasteiger partial charge in [-0.1, -0.05) is 6.92 Å². The van der Waals surface area contributed by atoms with Crippen LogP contribution in [0.1, 0.15) is 32.2 Å². The Morgan fingerprint density at radius 1 is 1.65 bits per heavy atom. The molecular formula is C10H17N3O3S. The third-order valence-electron chi connectivity index (χ3n) is 2.24. The summed E-state index contributed by atoms with van der Waals surface area (Å²) in [6.45, 7) is 4.45. The average molecular weight is 259 g/mol. The molecule has 96 valence electrons. The number of carbonyl (C=O) groups is 1. The van der Waals surface area contributed by atoms with E-state index in [-0.39, 0.29) is 12.6 Å². The highest BCUT2D eigenvalue weighted by molar-refractivity contribution is 7.09. The molecule has 0 aliphatic carbocycles. The molecule has 1 heterocycles. The minimum Gasteiger partial charge on any atom is -0.480 e. The van der Waals surface area contributed by atoms with E-state index in [0.717, 1.165) is 6.42 Å². The Morgan fingerprint density at radius 2 is 2.35 bits per heavy atom. The van der Waals surface area contributed by atoms with Crippen LogP contribution in [0.5, 0.6) is 0 Å². The van der Waals surface area contributed by atoms with Crippen LogP contribution in [0.3, 0.4) is 0 Å². The molecule has 1 aromatic rings. The largest absolute Gasteiger partial charge is 0.480 e. The van der Waals surface area contributed by atoms with E-state index in [9.17, 15) is 4.79 Å². The van der Waals surface area contributed by atoms with Crippen molar-refractivity contribution in [1.82, 2.24) is 9.36 Å². The van der Waals surface area contributed by atoms with E-state index >= 15 is 0 Å². The third kappa shape index (κ3) is 3.94. The van der Waals surface area contributed by atoms with Crippen molar-refractivity contribution in [3.05, 3.63) is 5.82 Å². The number of anilines is 1. The van der Waals surface area contributed by atoms with Crippen LogP contribution in [0, 0.1) is 0 Å². The standard InChI is InChI=1S/C10H17N3O3S/c1-4-5-13(6-8(14)15)10-11-9(12-17-10)7(2)16-3/h7H,4-6H2,1-3H3,(H,14,15). The first kappa shape index (κ1) is 13.9. The predicted molar refractivity (Wildman–Crippen MR) is 65.5 cm³/mol. The maximum atomic E-state index is 10.7. The molecule has 0 fully saturated rings. The molecular weight excluding hydrogens is 242 g/mol. The Kier molecular flexibility index (Phi) is 5.30. The van der Waals surface area contributed by atoms with Gasteiger partial charge in [0, 0.05) is 25.2 Å². The molecule has 0 aliphatic heterocycles. The van der Waals surface area contributed by atoms with Crippen molar-refractivity contribution in [1.29, 1.82) is 0 Å². The van der Waals surface area contributed by atoms with Crippen LogP contribution in [-0.2, 0) is 9.53 Å². The summed E-state index contributed by atoms with van der Waals surface area (Å²) in [5.74, 6) is -0.269. The molecule has 17 heavy (non-hydrogen) atoms. The van der Waals surface area contributed by atoms with Gasteiger partial charge in [0.1, 0.15) is 12.6 Å². The molecule has 0 saturated heterocycles. The van der Waals surface area contributed by atoms with Gasteiger partial charge in [0.15, 0.2) is 5.82 Å². The summed E-state index contributed by atoms with van der Waals surface area (Å²) in [6, 6.07) is 0. The second-order valence-electron chi connectivity index (χ2n) is 3.63. The van der Waals surface area contributed by atoms with E-state index in [1.807, 2.05) is 13.8 Å². The van der Waals surface area contributed by atoms with Crippen molar-refractivity contribution in [3.63, 3.8) is 0 Å². The Labute approximate surface area is 104 Å². The number of carboxylic acids is 1. The fourth-order valence-electron chi connectivity index (χ4n) is 1.30. The van der Waals surface area contributed by atoms with Gasteiger partial charge in [-0.05, 0) is 13.3 Å². The lowest BCUT2D eigenvalue weighted by atomic mass is 10.4. The second-order valence-corrected chi connectivity index (χ2v) is 4.36. The topological polar surface area (TPSA) is 75.6 Å². The zero-order chi connectivity index (χ0) is 12.8. The van der Waals surface area contributed by atoms with E-state index in [2.05, 4.69) is 9.36 Å². The summed E-state index contributed by atoms with van der Waals surface area (Å²) in [5, 5.41) is 9.46. The van der Waals surface area contributed by atoms with Crippen LogP contribution < -0.4 is 4.90 Å². The molecule has 1 N–H and O–H groups in total. The fraction of sp³-hybridized carbons (Fsp3) is 0.700. The number of aromatic nitrogens is 2. The average Bonchev–Trinajstić information content (AvgIpc) is 2.76. The maximum absolute atomic E-state index is 10.7. The van der Waals surface area contributed by atoms with Gasteiger partial charge in [-0.2, -0.15) is 4.37 Å². The Hall–Kier alpha value is -1.21. The third-order valence-corrected chi connectivity index (χ3v) is 3.03. The highest BCUT2D eigenvalue weighted by Gasteiger charge is 2.17. The summed E-state index contributed by atoms with van der Waals surface area (Å²) in [5.41, 5.74) is 0. The van der Waals surface area contributed by atoms with E-state index in [1.165, 1.54) is 11.5 Å². The minimum absolute atomic E-state index is 0.0517. The zero-order valence-electron chi connectivity index (χ0n) is 10.2. The molecule has 1 rings (SSSR count). The van der Waals surface area contributed by atoms with Crippen LogP contribution in [0.4, 0.5) is 5.13 Å². The number of carboxylic acid groups (broad SMARTS) is 1. The van der Waals surface area contributed by atoms with Gasteiger partial charge in [0.2, 0.25) is 5.13 Å². The molecule has 1 aromatic heterocycles. The number of rotatable bonds is 7. The number of hydrogen-bond donors (Lipinski definition) is 1. The lowest BCUT2D eigenvalue weighted by Gasteiger charge is -2.17. The number of aliphatic carboxylic acids is 1. The molecule has 6 nitrogen and oxygen atoms in total. The molecule has 0 spiro atoms. The van der Waals surface area contributed by atoms with Crippen molar-refractivity contribution in [2.75, 3.05) is 25.1 Å². The smallest absolute Gasteiger partial charge is 0.323 e. The Morgan fingerprint density at radius 3 is 2.88 bits per heavy atom. The zero-order valence-corrected chi connectivity index (χ0v) is 11.0. The van der Waals surface area contributed by atoms with E-state index in [4.69, 9.17) is 9.84 Å². The summed E-state index contributed by atoms with van der Waals surface area (Å²) in [6.07, 6.45) is 0.690. The van der Waals surface area contributed by atoms with Crippen molar-refractivity contribution in [2.45, 2.75) is 26.4 Å². The second kappa shape index (κ2) is 6.51. The van der Waals surface area contributed by atoms with Crippen LogP contribution in [0.15, 0.2) is 0 Å². The van der Waals surface area contributed by atoms with Gasteiger partial charge in [0.05, 0.1) is 0 Å². The van der Waals surface area contributed by atoms with Crippen molar-refractivity contribution >= 4 is 22.6 Å². The molecule has 0 radical (unpaired) electrons. The summed E-state index contributed by atoms with van der Waals surface area (Å²) in [7, 11) is 1.59. The van der Waals surface area contributed by atoms with Crippen molar-refractivity contribution in [2.24, 2.45) is 0 Å². The van der Waals surface area contributed by atoms with E-state index < -0.39 is 5.97 Å². The lowest BCUT2D eigenvalue weighted by Crippen LogP contribution is -2.30. The number of nitrogens with zero attached hydrogens (tertiary/aromatic N) is 3. The lowest BCUT2D eigenvalue weighted by molar-refractivity contribution is -0.135. The molecule has 7 heteroatoms. The first-order valence-electron chi connectivity index (χ1n) is 5.41. The Bertz CT molecular complexity index is 369. The van der Waals surface area contributed by atoms with Crippen molar-refractivity contribution < 1.29 is 14.6 Å². The molecule has 0 saturated carbocycles. The first-order valence-corrected chi connectivity index (χ1v) is 6.19. The number of hydrogen-bond acceptors (Lipinski definition) is 6. The molecule has 0 bridgehead atoms. The Balaban J connectivity index is 2.79. The summed E-state index contributed by atoms with van der Waals surface area (Å²) in [4.78, 5) is 16.8. The minimum atomic E-state index is -0.866. The number of methoxy groups -OCH3 is 1. The molecule has 0 amide bonds. The SMILES string of the molecule is CCCN(CC(=O)O)c1nc(C(C)OC)ns1. The number of ether oxygens (including phenoxy) is 1. The normalized spacial score (nSPS) is 12.4. The molecule has 0 aromatic carbocycles. The van der Waals surface area contributed by atoms with Gasteiger partial charge < -0.3 is 14.7 Å². The van der Waals surface area contributed by atoms with Gasteiger partial charge in [0.25, 0.3) is 0 Å². The highest BCUT2D eigenvalue weighted by atomic mass is 32.1. The highest BCUT2D eigenvalue weighted by Crippen LogP contribution is 2.21. The van der Waals surface area contributed by atoms with Gasteiger partial charge in [-0.3, -0.25) is 4.79 Å². The summed E-state index contributed by atoms with van der Waals surface area (Å²) >= 11 is 1.20. The van der Waals surface area contributed by atoms with Gasteiger partial charge >= 0.3 is 5.97 Å². The van der Waals surface area contributed by atoms with Crippen LogP contribution in [0.25, 0.3) is 0 Å². The van der Waals surface area contributed by atoms with Crippen LogP contribution in [-0.4, -0.2) is 40.6 Å². The fourth-order valence-corrected chi connectivity index (χ4v) is 2.07. The van der Waals surface area contributed by atoms with Crippen LogP contribution in [0.2, 0.25) is 0 Å². The summed E-state index contributed by atoms with van der Waals surface area (Å²) < 4.78 is 9.29. The molecule has 1 unspecified atom stereocenters. The molecule has 0 aliphatic rings. The van der Waals surface area contributed by atoms with Gasteiger partial charge in [-0.25, -0.2) is 4.98 Å². The molecule has 1 atom stereocenters. The van der Waals surface area contributed by atoms with Crippen molar-refractivity contribution in [3.8, 4) is 0 Å². The maximum Gasteiger partial charge on any atom is 0.323 e. The first-order chi connectivity index (χ1) is 8.08. The van der Waals surface area contributed by atoms with E-state index in [1.54, 1.807) is 12.0 Å². The predicted octanol–water partition coefficient (Wildman–Crippen LogP) is 1.55. The van der Waals surface area contributed by atoms with E-state index in [0.29, 0.717) is 17.5 Å². The van der Waals surface area contributed by atoms with Crippen LogP contribution >= 0.6 is 11.5 Å². The quantitative estimate of drug-likeness (QED) is 0.800. The monoisotopic (exact) mass is 259 g/mol.